The van der Waals surface area contributed by atoms with Crippen molar-refractivity contribution in [3.8, 4) is 0 Å². The van der Waals surface area contributed by atoms with E-state index < -0.39 is 18.0 Å². The first-order chi connectivity index (χ1) is 7.74. The number of pyridine rings is 1. The van der Waals surface area contributed by atoms with Gasteiger partial charge in [0.25, 0.3) is 0 Å². The summed E-state index contributed by atoms with van der Waals surface area (Å²) in [6, 6.07) is 3.47. The van der Waals surface area contributed by atoms with Gasteiger partial charge >= 0.3 is 5.97 Å². The Morgan fingerprint density at radius 2 is 2.44 bits per heavy atom. The van der Waals surface area contributed by atoms with Crippen molar-refractivity contribution < 1.29 is 14.6 Å². The van der Waals surface area contributed by atoms with Gasteiger partial charge in [0.1, 0.15) is 12.0 Å². The normalized spacial score (nSPS) is 22.6. The van der Waals surface area contributed by atoms with E-state index >= 15 is 0 Å². The van der Waals surface area contributed by atoms with Crippen molar-refractivity contribution in [2.45, 2.75) is 13.0 Å². The topological polar surface area (TPSA) is 71.8 Å². The number of aliphatic hydroxyl groups excluding tert-OH is 1. The predicted octanol–water partition coefficient (Wildman–Crippen LogP) is 1.01. The first kappa shape index (κ1) is 10.8. The molecule has 0 fully saturated rings. The van der Waals surface area contributed by atoms with Crippen LogP contribution in [-0.2, 0) is 9.53 Å². The zero-order chi connectivity index (χ0) is 11.5. The van der Waals surface area contributed by atoms with Crippen LogP contribution in [0.25, 0.3) is 0 Å². The second-order valence-electron chi connectivity index (χ2n) is 3.41. The van der Waals surface area contributed by atoms with Crippen LogP contribution in [0.1, 0.15) is 18.7 Å². The van der Waals surface area contributed by atoms with E-state index in [-0.39, 0.29) is 6.61 Å². The number of esters is 1. The van der Waals surface area contributed by atoms with Gasteiger partial charge < -0.3 is 9.84 Å². The average molecular weight is 220 g/mol. The van der Waals surface area contributed by atoms with Crippen LogP contribution in [-0.4, -0.2) is 28.9 Å². The van der Waals surface area contributed by atoms with Gasteiger partial charge in [-0.15, -0.1) is 0 Å². The molecule has 0 spiro atoms. The number of aliphatic imine (C=N–C) groups is 1. The number of carbonyl (C=O) groups excluding carboxylic acids is 1. The SMILES string of the molecule is CCOC(=O)[C@H]1C=Nc2cccnc2[C@H]1O. The number of ether oxygens (including phenoxy) is 1. The van der Waals surface area contributed by atoms with Gasteiger partial charge in [0.15, 0.2) is 0 Å². The smallest absolute Gasteiger partial charge is 0.317 e. The summed E-state index contributed by atoms with van der Waals surface area (Å²) in [6.45, 7) is 2.00. The molecule has 1 aromatic heterocycles. The minimum Gasteiger partial charge on any atom is -0.465 e. The molecule has 0 unspecified atom stereocenters. The highest BCUT2D eigenvalue weighted by Gasteiger charge is 2.33. The third-order valence-corrected chi connectivity index (χ3v) is 2.37. The fraction of sp³-hybridized carbons (Fsp3) is 0.364. The summed E-state index contributed by atoms with van der Waals surface area (Å²) in [5.74, 6) is -1.24. The van der Waals surface area contributed by atoms with Gasteiger partial charge in [0, 0.05) is 12.4 Å². The van der Waals surface area contributed by atoms with Gasteiger partial charge in [-0.25, -0.2) is 0 Å². The molecular weight excluding hydrogens is 208 g/mol. The van der Waals surface area contributed by atoms with E-state index in [1.54, 1.807) is 25.3 Å². The van der Waals surface area contributed by atoms with Gasteiger partial charge in [-0.05, 0) is 19.1 Å². The third-order valence-electron chi connectivity index (χ3n) is 2.37. The van der Waals surface area contributed by atoms with Crippen molar-refractivity contribution in [2.75, 3.05) is 6.61 Å². The first-order valence-corrected chi connectivity index (χ1v) is 5.08. The lowest BCUT2D eigenvalue weighted by molar-refractivity contribution is -0.148. The molecule has 16 heavy (non-hydrogen) atoms. The Morgan fingerprint density at radius 3 is 3.19 bits per heavy atom. The molecule has 1 aliphatic rings. The van der Waals surface area contributed by atoms with Gasteiger partial charge in [0.05, 0.1) is 18.0 Å². The molecule has 1 aliphatic heterocycles. The van der Waals surface area contributed by atoms with Gasteiger partial charge in [0.2, 0.25) is 0 Å². The summed E-state index contributed by atoms with van der Waals surface area (Å²) in [5.41, 5.74) is 1.01. The van der Waals surface area contributed by atoms with Crippen LogP contribution in [0.3, 0.4) is 0 Å². The van der Waals surface area contributed by atoms with E-state index in [0.29, 0.717) is 11.4 Å². The highest BCUT2D eigenvalue weighted by atomic mass is 16.5. The third kappa shape index (κ3) is 1.81. The van der Waals surface area contributed by atoms with Gasteiger partial charge in [-0.3, -0.25) is 14.8 Å². The molecule has 0 aromatic carbocycles. The van der Waals surface area contributed by atoms with Crippen LogP contribution in [0.15, 0.2) is 23.3 Å². The molecule has 1 N–H and O–H groups in total. The molecule has 2 heterocycles. The molecule has 5 nitrogen and oxygen atoms in total. The van der Waals surface area contributed by atoms with Crippen LogP contribution in [0.5, 0.6) is 0 Å². The molecular formula is C11H12N2O3. The Balaban J connectivity index is 2.27. The molecule has 84 valence electrons. The van der Waals surface area contributed by atoms with Crippen molar-refractivity contribution in [3.05, 3.63) is 24.0 Å². The van der Waals surface area contributed by atoms with Crippen molar-refractivity contribution in [3.63, 3.8) is 0 Å². The monoisotopic (exact) mass is 220 g/mol. The van der Waals surface area contributed by atoms with E-state index in [0.717, 1.165) is 0 Å². The molecule has 1 aromatic rings. The molecule has 0 aliphatic carbocycles. The Hall–Kier alpha value is -1.75. The lowest BCUT2D eigenvalue weighted by Crippen LogP contribution is -2.28. The molecule has 2 rings (SSSR count). The van der Waals surface area contributed by atoms with E-state index in [4.69, 9.17) is 4.74 Å². The number of nitrogens with zero attached hydrogens (tertiary/aromatic N) is 2. The number of fused-ring (bicyclic) bond motifs is 1. The summed E-state index contributed by atoms with van der Waals surface area (Å²) in [4.78, 5) is 19.6. The minimum absolute atomic E-state index is 0.283. The van der Waals surface area contributed by atoms with Gasteiger partial charge in [-0.2, -0.15) is 0 Å². The maximum absolute atomic E-state index is 11.5. The van der Waals surface area contributed by atoms with E-state index in [1.165, 1.54) is 6.21 Å². The highest BCUT2D eigenvalue weighted by Crippen LogP contribution is 2.32. The number of hydrogen-bond acceptors (Lipinski definition) is 5. The van der Waals surface area contributed by atoms with Crippen LogP contribution >= 0.6 is 0 Å². The number of carbonyl (C=O) groups is 1. The zero-order valence-corrected chi connectivity index (χ0v) is 8.83. The minimum atomic E-state index is -0.979. The number of hydrogen-bond donors (Lipinski definition) is 1. The van der Waals surface area contributed by atoms with E-state index in [2.05, 4.69) is 9.98 Å². The summed E-state index contributed by atoms with van der Waals surface area (Å²) in [5, 5.41) is 9.96. The summed E-state index contributed by atoms with van der Waals surface area (Å²) in [6.07, 6.45) is 1.99. The van der Waals surface area contributed by atoms with Crippen LogP contribution in [0.4, 0.5) is 5.69 Å². The predicted molar refractivity (Wildman–Crippen MR) is 57.5 cm³/mol. The van der Waals surface area contributed by atoms with Crippen LogP contribution < -0.4 is 0 Å². The molecule has 0 saturated heterocycles. The molecule has 2 atom stereocenters. The highest BCUT2D eigenvalue weighted by molar-refractivity contribution is 5.93. The summed E-state index contributed by atoms with van der Waals surface area (Å²) < 4.78 is 4.85. The molecule has 0 radical (unpaired) electrons. The Kier molecular flexibility index (Phi) is 2.96. The second kappa shape index (κ2) is 4.40. The van der Waals surface area contributed by atoms with E-state index in [1.807, 2.05) is 0 Å². The van der Waals surface area contributed by atoms with Crippen molar-refractivity contribution >= 4 is 17.9 Å². The number of aromatic nitrogens is 1. The van der Waals surface area contributed by atoms with Crippen molar-refractivity contribution in [1.82, 2.24) is 4.98 Å². The maximum Gasteiger partial charge on any atom is 0.317 e. The lowest BCUT2D eigenvalue weighted by atomic mass is 9.97. The zero-order valence-electron chi connectivity index (χ0n) is 8.83. The molecule has 0 saturated carbocycles. The number of aliphatic hydroxyl groups is 1. The summed E-state index contributed by atoms with van der Waals surface area (Å²) in [7, 11) is 0. The standard InChI is InChI=1S/C11H12N2O3/c1-2-16-11(15)7-6-13-8-4-3-5-12-9(8)10(7)14/h3-7,10,14H,2H2,1H3/t7-,10-/m0/s1. The van der Waals surface area contributed by atoms with E-state index in [9.17, 15) is 9.90 Å². The van der Waals surface area contributed by atoms with Crippen molar-refractivity contribution in [2.24, 2.45) is 10.9 Å². The number of rotatable bonds is 2. The molecule has 0 bridgehead atoms. The average Bonchev–Trinajstić information content (AvgIpc) is 2.30. The molecule has 5 heteroatoms. The maximum atomic E-state index is 11.5. The van der Waals surface area contributed by atoms with Crippen molar-refractivity contribution in [1.29, 1.82) is 0 Å². The van der Waals surface area contributed by atoms with Gasteiger partial charge in [-0.1, -0.05) is 0 Å². The summed E-state index contributed by atoms with van der Waals surface area (Å²) >= 11 is 0. The second-order valence-corrected chi connectivity index (χ2v) is 3.41. The largest absolute Gasteiger partial charge is 0.465 e. The fourth-order valence-corrected chi connectivity index (χ4v) is 1.59. The fourth-order valence-electron chi connectivity index (χ4n) is 1.59. The quantitative estimate of drug-likeness (QED) is 0.755. The van der Waals surface area contributed by atoms with Crippen LogP contribution in [0.2, 0.25) is 0 Å². The Morgan fingerprint density at radius 1 is 1.62 bits per heavy atom. The first-order valence-electron chi connectivity index (χ1n) is 5.08. The Bertz CT molecular complexity index is 431. The molecule has 0 amide bonds. The van der Waals surface area contributed by atoms with Crippen LogP contribution in [0, 0.1) is 5.92 Å². The lowest BCUT2D eigenvalue weighted by Gasteiger charge is -2.21. The Labute approximate surface area is 92.8 Å².